The summed E-state index contributed by atoms with van der Waals surface area (Å²) in [6.45, 7) is 5.60. The van der Waals surface area contributed by atoms with Crippen molar-refractivity contribution in [3.8, 4) is 11.5 Å². The number of rotatable bonds is 22. The van der Waals surface area contributed by atoms with E-state index in [1.165, 1.54) is 56.9 Å². The third-order valence-electron chi connectivity index (χ3n) is 8.79. The predicted octanol–water partition coefficient (Wildman–Crippen LogP) is 9.76. The fourth-order valence-corrected chi connectivity index (χ4v) is 5.98. The topological polar surface area (TPSA) is 88.1 Å². The molecule has 254 valence electrons. The van der Waals surface area contributed by atoms with Crippen molar-refractivity contribution < 1.29 is 33.3 Å². The van der Waals surface area contributed by atoms with E-state index in [4.69, 9.17) is 18.9 Å². The zero-order valence-corrected chi connectivity index (χ0v) is 28.3. The van der Waals surface area contributed by atoms with Crippen LogP contribution >= 0.6 is 0 Å². The Morgan fingerprint density at radius 2 is 1.20 bits per heavy atom. The number of esters is 3. The van der Waals surface area contributed by atoms with Gasteiger partial charge in [-0.1, -0.05) is 77.3 Å². The SMILES string of the molecule is CCCCCC1CCC(c2ccc(OC(=O)c3ccc(OCCCCCCCCOC(=O)CCC(=O)OCCC)cc3)cc2)CC1. The molecule has 0 aromatic heterocycles. The lowest BCUT2D eigenvalue weighted by atomic mass is 9.77. The highest BCUT2D eigenvalue weighted by atomic mass is 16.5. The fourth-order valence-electron chi connectivity index (χ4n) is 5.98. The molecule has 0 aliphatic heterocycles. The summed E-state index contributed by atoms with van der Waals surface area (Å²) in [6, 6.07) is 15.2. The van der Waals surface area contributed by atoms with Crippen LogP contribution in [0.15, 0.2) is 48.5 Å². The number of carbonyl (C=O) groups is 3. The molecule has 1 saturated carbocycles. The van der Waals surface area contributed by atoms with Gasteiger partial charge >= 0.3 is 17.9 Å². The average molecular weight is 637 g/mol. The highest BCUT2D eigenvalue weighted by Crippen LogP contribution is 2.38. The third kappa shape index (κ3) is 14.8. The van der Waals surface area contributed by atoms with Crippen molar-refractivity contribution in [3.63, 3.8) is 0 Å². The van der Waals surface area contributed by atoms with Crippen molar-refractivity contribution in [1.82, 2.24) is 0 Å². The molecule has 0 heterocycles. The quantitative estimate of drug-likeness (QED) is 0.0722. The molecule has 3 rings (SSSR count). The van der Waals surface area contributed by atoms with Crippen LogP contribution in [-0.2, 0) is 19.1 Å². The van der Waals surface area contributed by atoms with Gasteiger partial charge in [-0.2, -0.15) is 0 Å². The summed E-state index contributed by atoms with van der Waals surface area (Å²) in [5, 5.41) is 0. The first-order valence-electron chi connectivity index (χ1n) is 17.8. The molecule has 2 aromatic rings. The lowest BCUT2D eigenvalue weighted by Gasteiger charge is -2.29. The van der Waals surface area contributed by atoms with E-state index in [9.17, 15) is 14.4 Å². The van der Waals surface area contributed by atoms with Crippen molar-refractivity contribution in [1.29, 1.82) is 0 Å². The van der Waals surface area contributed by atoms with E-state index in [1.54, 1.807) is 12.1 Å². The van der Waals surface area contributed by atoms with E-state index >= 15 is 0 Å². The second-order valence-corrected chi connectivity index (χ2v) is 12.6. The molecule has 0 spiro atoms. The smallest absolute Gasteiger partial charge is 0.343 e. The van der Waals surface area contributed by atoms with Crippen LogP contribution in [0.4, 0.5) is 0 Å². The predicted molar refractivity (Wildman–Crippen MR) is 181 cm³/mol. The highest BCUT2D eigenvalue weighted by Gasteiger charge is 2.22. The van der Waals surface area contributed by atoms with Crippen LogP contribution in [0.2, 0.25) is 0 Å². The maximum absolute atomic E-state index is 12.7. The van der Waals surface area contributed by atoms with Gasteiger partial charge in [0.25, 0.3) is 0 Å². The van der Waals surface area contributed by atoms with Gasteiger partial charge in [0.15, 0.2) is 0 Å². The first-order chi connectivity index (χ1) is 22.5. The fraction of sp³-hybridized carbons (Fsp3) is 0.615. The van der Waals surface area contributed by atoms with Crippen molar-refractivity contribution in [2.45, 2.75) is 129 Å². The first-order valence-corrected chi connectivity index (χ1v) is 17.8. The van der Waals surface area contributed by atoms with E-state index in [2.05, 4.69) is 19.1 Å². The lowest BCUT2D eigenvalue weighted by Crippen LogP contribution is -2.13. The molecule has 1 fully saturated rings. The zero-order chi connectivity index (χ0) is 32.8. The second kappa shape index (κ2) is 22.2. The Hall–Kier alpha value is -3.35. The van der Waals surface area contributed by atoms with Crippen LogP contribution in [-0.4, -0.2) is 37.7 Å². The molecular weight excluding hydrogens is 580 g/mol. The van der Waals surface area contributed by atoms with Crippen LogP contribution in [0.3, 0.4) is 0 Å². The number of unbranched alkanes of at least 4 members (excludes halogenated alkanes) is 7. The summed E-state index contributed by atoms with van der Waals surface area (Å²) in [5.41, 5.74) is 1.85. The molecule has 0 saturated heterocycles. The molecule has 0 unspecified atom stereocenters. The molecule has 1 aliphatic rings. The first kappa shape index (κ1) is 37.1. The van der Waals surface area contributed by atoms with Gasteiger partial charge in [0.1, 0.15) is 11.5 Å². The molecular formula is C39H56O7. The minimum absolute atomic E-state index is 0.0732. The van der Waals surface area contributed by atoms with E-state index in [1.807, 2.05) is 31.2 Å². The molecule has 7 nitrogen and oxygen atoms in total. The van der Waals surface area contributed by atoms with Crippen LogP contribution < -0.4 is 9.47 Å². The van der Waals surface area contributed by atoms with E-state index in [0.29, 0.717) is 37.1 Å². The molecule has 0 bridgehead atoms. The Morgan fingerprint density at radius 1 is 0.609 bits per heavy atom. The van der Waals surface area contributed by atoms with Crippen LogP contribution in [0.5, 0.6) is 11.5 Å². The minimum atomic E-state index is -0.367. The van der Waals surface area contributed by atoms with Crippen LogP contribution in [0.25, 0.3) is 0 Å². The molecule has 0 N–H and O–H groups in total. The standard InChI is InChI=1S/C39H56O7/c1-3-5-10-13-31-14-16-32(17-15-31)33-18-24-36(25-19-33)46-39(42)34-20-22-35(23-21-34)43-29-11-8-6-7-9-12-30-45-38(41)27-26-37(40)44-28-4-2/h18-25,31-32H,3-17,26-30H2,1-2H3. The highest BCUT2D eigenvalue weighted by molar-refractivity contribution is 5.91. The Balaban J connectivity index is 1.21. The maximum Gasteiger partial charge on any atom is 0.343 e. The summed E-state index contributed by atoms with van der Waals surface area (Å²) in [6.07, 6.45) is 17.5. The Bertz CT molecular complexity index is 1130. The second-order valence-electron chi connectivity index (χ2n) is 12.6. The van der Waals surface area contributed by atoms with Gasteiger partial charge in [-0.25, -0.2) is 4.79 Å². The van der Waals surface area contributed by atoms with E-state index in [-0.39, 0.29) is 30.7 Å². The molecule has 46 heavy (non-hydrogen) atoms. The largest absolute Gasteiger partial charge is 0.494 e. The summed E-state index contributed by atoms with van der Waals surface area (Å²) >= 11 is 0. The lowest BCUT2D eigenvalue weighted by molar-refractivity contribution is -0.150. The Labute approximate surface area is 276 Å². The molecule has 0 amide bonds. The van der Waals surface area contributed by atoms with Gasteiger partial charge < -0.3 is 18.9 Å². The molecule has 0 radical (unpaired) electrons. The number of hydrogen-bond acceptors (Lipinski definition) is 7. The third-order valence-corrected chi connectivity index (χ3v) is 8.79. The van der Waals surface area contributed by atoms with Gasteiger partial charge in [-0.3, -0.25) is 9.59 Å². The van der Waals surface area contributed by atoms with Crippen LogP contribution in [0.1, 0.15) is 145 Å². The van der Waals surface area contributed by atoms with Gasteiger partial charge in [-0.15, -0.1) is 0 Å². The van der Waals surface area contributed by atoms with Crippen LogP contribution in [0, 0.1) is 5.92 Å². The summed E-state index contributed by atoms with van der Waals surface area (Å²) in [4.78, 5) is 35.8. The molecule has 1 aliphatic carbocycles. The average Bonchev–Trinajstić information content (AvgIpc) is 3.08. The Kier molecular flexibility index (Phi) is 17.9. The van der Waals surface area contributed by atoms with Gasteiger partial charge in [0.2, 0.25) is 0 Å². The number of carbonyl (C=O) groups excluding carboxylic acids is 3. The van der Waals surface area contributed by atoms with Crippen molar-refractivity contribution in [3.05, 3.63) is 59.7 Å². The Morgan fingerprint density at radius 3 is 1.83 bits per heavy atom. The van der Waals surface area contributed by atoms with E-state index in [0.717, 1.165) is 56.6 Å². The van der Waals surface area contributed by atoms with Crippen molar-refractivity contribution >= 4 is 17.9 Å². The van der Waals surface area contributed by atoms with Gasteiger partial charge in [-0.05, 0) is 98.7 Å². The molecule has 2 aromatic carbocycles. The maximum atomic E-state index is 12.7. The molecule has 7 heteroatoms. The number of hydrogen-bond donors (Lipinski definition) is 0. The van der Waals surface area contributed by atoms with E-state index < -0.39 is 0 Å². The number of ether oxygens (including phenoxy) is 4. The number of benzene rings is 2. The van der Waals surface area contributed by atoms with Gasteiger partial charge in [0.05, 0.1) is 38.2 Å². The normalized spacial score (nSPS) is 16.0. The monoisotopic (exact) mass is 636 g/mol. The minimum Gasteiger partial charge on any atom is -0.494 e. The summed E-state index contributed by atoms with van der Waals surface area (Å²) in [7, 11) is 0. The molecule has 0 atom stereocenters. The van der Waals surface area contributed by atoms with Crippen molar-refractivity contribution in [2.24, 2.45) is 5.92 Å². The summed E-state index contributed by atoms with van der Waals surface area (Å²) in [5.74, 6) is 1.76. The zero-order valence-electron chi connectivity index (χ0n) is 28.3. The van der Waals surface area contributed by atoms with Gasteiger partial charge in [0, 0.05) is 0 Å². The van der Waals surface area contributed by atoms with Crippen molar-refractivity contribution in [2.75, 3.05) is 19.8 Å². The summed E-state index contributed by atoms with van der Waals surface area (Å²) < 4.78 is 21.6.